The van der Waals surface area contributed by atoms with Gasteiger partial charge in [0.1, 0.15) is 18.8 Å². The van der Waals surface area contributed by atoms with Gasteiger partial charge in [-0.1, -0.05) is 25.3 Å². The van der Waals surface area contributed by atoms with Crippen LogP contribution in [0, 0.1) is 0 Å². The Morgan fingerprint density at radius 2 is 1.84 bits per heavy atom. The number of carboxylic acids is 1. The molecule has 0 amide bonds. The highest BCUT2D eigenvalue weighted by Gasteiger charge is 2.20. The maximum atomic E-state index is 11.1. The average Bonchev–Trinajstić information content (AvgIpc) is 2.41. The molecular weight excluding hydrogens is 248 g/mol. The summed E-state index contributed by atoms with van der Waals surface area (Å²) in [6.45, 7) is 7.58. The van der Waals surface area contributed by atoms with E-state index in [0.717, 1.165) is 0 Å². The molecule has 0 radical (unpaired) electrons. The molecule has 1 rings (SSSR count). The van der Waals surface area contributed by atoms with E-state index in [2.05, 4.69) is 13.2 Å². The van der Waals surface area contributed by atoms with Gasteiger partial charge in [-0.2, -0.15) is 0 Å². The zero-order valence-electron chi connectivity index (χ0n) is 10.7. The molecule has 0 saturated carbocycles. The smallest absolute Gasteiger partial charge is 0.339 e. The minimum absolute atomic E-state index is 0.00696. The molecule has 0 saturated heterocycles. The maximum absolute atomic E-state index is 11.1. The van der Waals surface area contributed by atoms with Gasteiger partial charge in [-0.15, -0.1) is 0 Å². The molecule has 0 atom stereocenters. The second-order valence-electron chi connectivity index (χ2n) is 3.48. The highest BCUT2D eigenvalue weighted by Crippen LogP contribution is 2.40. The van der Waals surface area contributed by atoms with Gasteiger partial charge in [0, 0.05) is 0 Å². The van der Waals surface area contributed by atoms with Crippen LogP contribution in [0.2, 0.25) is 0 Å². The maximum Gasteiger partial charge on any atom is 0.339 e. The van der Waals surface area contributed by atoms with Gasteiger partial charge in [0.25, 0.3) is 0 Å². The lowest BCUT2D eigenvalue weighted by molar-refractivity contribution is 0.0692. The van der Waals surface area contributed by atoms with Crippen LogP contribution in [0.25, 0.3) is 0 Å². The van der Waals surface area contributed by atoms with Crippen molar-refractivity contribution in [1.82, 2.24) is 0 Å². The van der Waals surface area contributed by atoms with Crippen molar-refractivity contribution < 1.29 is 24.1 Å². The standard InChI is InChI=1S/C14H16O5/c1-4-8-18-11-7-6-10(14(15)16)12(17-3)13(11)19-9-5-2/h4-7H,1-2,8-9H2,3H3,(H,15,16). The molecule has 19 heavy (non-hydrogen) atoms. The Kier molecular flexibility index (Phi) is 5.47. The van der Waals surface area contributed by atoms with Gasteiger partial charge >= 0.3 is 5.97 Å². The number of methoxy groups -OCH3 is 1. The summed E-state index contributed by atoms with van der Waals surface area (Å²) in [7, 11) is 1.37. The van der Waals surface area contributed by atoms with Crippen LogP contribution < -0.4 is 14.2 Å². The molecule has 0 unspecified atom stereocenters. The van der Waals surface area contributed by atoms with Crippen LogP contribution in [-0.4, -0.2) is 31.4 Å². The van der Waals surface area contributed by atoms with Gasteiger partial charge in [0.15, 0.2) is 11.5 Å². The number of hydrogen-bond donors (Lipinski definition) is 1. The molecule has 0 aliphatic rings. The van der Waals surface area contributed by atoms with Crippen molar-refractivity contribution in [2.24, 2.45) is 0 Å². The molecule has 0 bridgehead atoms. The van der Waals surface area contributed by atoms with Crippen LogP contribution in [0.5, 0.6) is 17.2 Å². The monoisotopic (exact) mass is 264 g/mol. The predicted molar refractivity (Wildman–Crippen MR) is 71.3 cm³/mol. The fraction of sp³-hybridized carbons (Fsp3) is 0.214. The van der Waals surface area contributed by atoms with E-state index in [0.29, 0.717) is 5.75 Å². The van der Waals surface area contributed by atoms with E-state index in [1.54, 1.807) is 12.2 Å². The number of carbonyl (C=O) groups is 1. The third-order valence-electron chi connectivity index (χ3n) is 2.21. The normalized spacial score (nSPS) is 9.53. The van der Waals surface area contributed by atoms with Crippen LogP contribution in [0.1, 0.15) is 10.4 Å². The molecule has 1 N–H and O–H groups in total. The van der Waals surface area contributed by atoms with Crippen LogP contribution >= 0.6 is 0 Å². The largest absolute Gasteiger partial charge is 0.492 e. The molecule has 0 fully saturated rings. The lowest BCUT2D eigenvalue weighted by Gasteiger charge is -2.16. The number of rotatable bonds is 8. The van der Waals surface area contributed by atoms with Crippen molar-refractivity contribution in [3.05, 3.63) is 43.0 Å². The zero-order chi connectivity index (χ0) is 14.3. The highest BCUT2D eigenvalue weighted by molar-refractivity contribution is 5.92. The van der Waals surface area contributed by atoms with Crippen LogP contribution in [0.3, 0.4) is 0 Å². The summed E-state index contributed by atoms with van der Waals surface area (Å²) in [6, 6.07) is 2.92. The summed E-state index contributed by atoms with van der Waals surface area (Å²) < 4.78 is 16.0. The summed E-state index contributed by atoms with van der Waals surface area (Å²) in [5, 5.41) is 9.10. The second-order valence-corrected chi connectivity index (χ2v) is 3.48. The van der Waals surface area contributed by atoms with Crippen LogP contribution in [0.15, 0.2) is 37.4 Å². The minimum atomic E-state index is -1.10. The van der Waals surface area contributed by atoms with Gasteiger partial charge < -0.3 is 19.3 Å². The van der Waals surface area contributed by atoms with Gasteiger partial charge in [-0.25, -0.2) is 4.79 Å². The van der Waals surface area contributed by atoms with Crippen molar-refractivity contribution in [3.63, 3.8) is 0 Å². The lowest BCUT2D eigenvalue weighted by Crippen LogP contribution is -2.06. The number of hydrogen-bond acceptors (Lipinski definition) is 4. The van der Waals surface area contributed by atoms with E-state index in [4.69, 9.17) is 19.3 Å². The summed E-state index contributed by atoms with van der Waals surface area (Å²) in [4.78, 5) is 11.1. The average molecular weight is 264 g/mol. The Hall–Kier alpha value is -2.43. The molecule has 0 spiro atoms. The third kappa shape index (κ3) is 3.51. The zero-order valence-corrected chi connectivity index (χ0v) is 10.7. The van der Waals surface area contributed by atoms with Gasteiger partial charge in [0.05, 0.1) is 7.11 Å². The minimum Gasteiger partial charge on any atom is -0.492 e. The van der Waals surface area contributed by atoms with E-state index in [1.165, 1.54) is 19.2 Å². The van der Waals surface area contributed by atoms with Crippen molar-refractivity contribution in [2.75, 3.05) is 20.3 Å². The van der Waals surface area contributed by atoms with Crippen molar-refractivity contribution in [2.45, 2.75) is 0 Å². The molecule has 0 heterocycles. The first-order valence-electron chi connectivity index (χ1n) is 5.57. The van der Waals surface area contributed by atoms with E-state index in [9.17, 15) is 4.79 Å². The Morgan fingerprint density at radius 1 is 1.21 bits per heavy atom. The summed E-state index contributed by atoms with van der Waals surface area (Å²) in [5.41, 5.74) is 0.00696. The molecule has 5 nitrogen and oxygen atoms in total. The fourth-order valence-corrected chi connectivity index (χ4v) is 1.46. The molecule has 5 heteroatoms. The fourth-order valence-electron chi connectivity index (χ4n) is 1.46. The molecule has 1 aromatic rings. The van der Waals surface area contributed by atoms with E-state index >= 15 is 0 Å². The molecule has 0 aliphatic carbocycles. The second kappa shape index (κ2) is 7.10. The van der Waals surface area contributed by atoms with Crippen molar-refractivity contribution in [3.8, 4) is 17.2 Å². The molecule has 0 aliphatic heterocycles. The summed E-state index contributed by atoms with van der Waals surface area (Å²) >= 11 is 0. The molecule has 1 aromatic carbocycles. The molecular formula is C14H16O5. The van der Waals surface area contributed by atoms with Gasteiger partial charge in [-0.3, -0.25) is 0 Å². The van der Waals surface area contributed by atoms with Gasteiger partial charge in [0.2, 0.25) is 5.75 Å². The van der Waals surface area contributed by atoms with E-state index in [1.807, 2.05) is 0 Å². The van der Waals surface area contributed by atoms with Crippen LogP contribution in [-0.2, 0) is 0 Å². The Balaban J connectivity index is 3.27. The third-order valence-corrected chi connectivity index (χ3v) is 2.21. The topological polar surface area (TPSA) is 65.0 Å². The number of ether oxygens (including phenoxy) is 3. The first-order chi connectivity index (χ1) is 9.15. The van der Waals surface area contributed by atoms with Crippen molar-refractivity contribution in [1.29, 1.82) is 0 Å². The Bertz CT molecular complexity index is 479. The van der Waals surface area contributed by atoms with Crippen molar-refractivity contribution >= 4 is 5.97 Å². The number of carboxylic acid groups (broad SMARTS) is 1. The SMILES string of the molecule is C=CCOc1ccc(C(=O)O)c(OC)c1OCC=C. The van der Waals surface area contributed by atoms with Crippen LogP contribution in [0.4, 0.5) is 0 Å². The predicted octanol–water partition coefficient (Wildman–Crippen LogP) is 2.52. The quantitative estimate of drug-likeness (QED) is 0.731. The first-order valence-corrected chi connectivity index (χ1v) is 5.57. The lowest BCUT2D eigenvalue weighted by atomic mass is 10.1. The highest BCUT2D eigenvalue weighted by atomic mass is 16.5. The number of benzene rings is 1. The Labute approximate surface area is 111 Å². The molecule has 0 aromatic heterocycles. The van der Waals surface area contributed by atoms with E-state index in [-0.39, 0.29) is 30.3 Å². The summed E-state index contributed by atoms with van der Waals surface area (Å²) in [6.07, 6.45) is 3.12. The number of aromatic carboxylic acids is 1. The van der Waals surface area contributed by atoms with E-state index < -0.39 is 5.97 Å². The Morgan fingerprint density at radius 3 is 2.37 bits per heavy atom. The summed E-state index contributed by atoms with van der Waals surface area (Å²) in [5.74, 6) is -0.348. The first kappa shape index (κ1) is 14.6. The molecule has 102 valence electrons. The van der Waals surface area contributed by atoms with Gasteiger partial charge in [-0.05, 0) is 12.1 Å².